The lowest BCUT2D eigenvalue weighted by Crippen LogP contribution is -2.21. The molecule has 2 unspecified atom stereocenters. The molecule has 0 aliphatic carbocycles. The highest BCUT2D eigenvalue weighted by molar-refractivity contribution is 7.07. The third kappa shape index (κ3) is 2.57. The van der Waals surface area contributed by atoms with Gasteiger partial charge in [0.25, 0.3) is 0 Å². The Balaban J connectivity index is 2.36. The van der Waals surface area contributed by atoms with E-state index in [4.69, 9.17) is 17.3 Å². The first-order chi connectivity index (χ1) is 8.65. The van der Waals surface area contributed by atoms with Gasteiger partial charge in [-0.1, -0.05) is 23.7 Å². The second-order valence-corrected chi connectivity index (χ2v) is 5.17. The van der Waals surface area contributed by atoms with Gasteiger partial charge < -0.3 is 10.8 Å². The number of aliphatic hydroxyl groups is 1. The maximum Gasteiger partial charge on any atom is 0.145 e. The van der Waals surface area contributed by atoms with Crippen LogP contribution in [-0.4, -0.2) is 11.7 Å². The highest BCUT2D eigenvalue weighted by atomic mass is 35.5. The average molecular weight is 286 g/mol. The summed E-state index contributed by atoms with van der Waals surface area (Å²) >= 11 is 7.23. The molecule has 1 heterocycles. The second kappa shape index (κ2) is 5.80. The van der Waals surface area contributed by atoms with E-state index in [1.807, 2.05) is 10.8 Å². The minimum Gasteiger partial charge on any atom is -0.388 e. The van der Waals surface area contributed by atoms with Crippen molar-refractivity contribution in [2.45, 2.75) is 12.0 Å². The van der Waals surface area contributed by atoms with Crippen LogP contribution in [0.2, 0.25) is 5.02 Å². The van der Waals surface area contributed by atoms with Crippen LogP contribution in [0.25, 0.3) is 0 Å². The van der Waals surface area contributed by atoms with Gasteiger partial charge in [0.15, 0.2) is 0 Å². The van der Waals surface area contributed by atoms with Gasteiger partial charge in [0.05, 0.1) is 11.1 Å². The first-order valence-electron chi connectivity index (χ1n) is 5.49. The van der Waals surface area contributed by atoms with Crippen LogP contribution in [0.5, 0.6) is 0 Å². The molecule has 0 saturated heterocycles. The maximum atomic E-state index is 13.9. The van der Waals surface area contributed by atoms with Crippen LogP contribution in [0, 0.1) is 5.82 Å². The molecule has 2 rings (SSSR count). The van der Waals surface area contributed by atoms with E-state index in [2.05, 4.69) is 0 Å². The minimum absolute atomic E-state index is 0.0449. The molecule has 5 heteroatoms. The van der Waals surface area contributed by atoms with Gasteiger partial charge in [-0.05, 0) is 34.0 Å². The smallest absolute Gasteiger partial charge is 0.145 e. The molecular weight excluding hydrogens is 273 g/mol. The van der Waals surface area contributed by atoms with Crippen LogP contribution in [0.4, 0.5) is 4.39 Å². The van der Waals surface area contributed by atoms with Crippen LogP contribution < -0.4 is 5.73 Å². The van der Waals surface area contributed by atoms with E-state index >= 15 is 0 Å². The number of hydrogen-bond donors (Lipinski definition) is 2. The summed E-state index contributed by atoms with van der Waals surface area (Å²) in [6.45, 7) is 0.147. The Hall–Kier alpha value is -0.940. The molecule has 0 saturated carbocycles. The third-order valence-electron chi connectivity index (χ3n) is 2.90. The number of nitrogens with two attached hydrogens (primary N) is 1. The lowest BCUT2D eigenvalue weighted by Gasteiger charge is -2.22. The van der Waals surface area contributed by atoms with Crippen LogP contribution in [-0.2, 0) is 0 Å². The quantitative estimate of drug-likeness (QED) is 0.905. The largest absolute Gasteiger partial charge is 0.388 e. The molecule has 1 aromatic heterocycles. The topological polar surface area (TPSA) is 46.2 Å². The van der Waals surface area contributed by atoms with Gasteiger partial charge in [0.1, 0.15) is 5.82 Å². The Morgan fingerprint density at radius 1 is 1.39 bits per heavy atom. The van der Waals surface area contributed by atoms with Gasteiger partial charge in [-0.3, -0.25) is 0 Å². The van der Waals surface area contributed by atoms with Crippen molar-refractivity contribution in [2.75, 3.05) is 6.54 Å². The predicted octanol–water partition coefficient (Wildman–Crippen LogP) is 3.32. The summed E-state index contributed by atoms with van der Waals surface area (Å²) in [6, 6.07) is 6.55. The Morgan fingerprint density at radius 3 is 2.78 bits per heavy atom. The van der Waals surface area contributed by atoms with Crippen molar-refractivity contribution in [3.05, 3.63) is 57.0 Å². The number of halogens is 2. The van der Waals surface area contributed by atoms with Crippen molar-refractivity contribution in [1.82, 2.24) is 0 Å². The summed E-state index contributed by atoms with van der Waals surface area (Å²) in [6.07, 6.45) is -0.825. The van der Waals surface area contributed by atoms with Gasteiger partial charge in [-0.15, -0.1) is 0 Å². The fourth-order valence-electron chi connectivity index (χ4n) is 1.91. The molecule has 0 radical (unpaired) electrons. The molecule has 0 aliphatic rings. The van der Waals surface area contributed by atoms with Crippen molar-refractivity contribution < 1.29 is 9.50 Å². The fourth-order valence-corrected chi connectivity index (χ4v) is 2.78. The lowest BCUT2D eigenvalue weighted by molar-refractivity contribution is 0.146. The lowest BCUT2D eigenvalue weighted by atomic mass is 9.90. The molecule has 0 bridgehead atoms. The van der Waals surface area contributed by atoms with Crippen molar-refractivity contribution in [2.24, 2.45) is 5.73 Å². The molecule has 0 spiro atoms. The summed E-state index contributed by atoms with van der Waals surface area (Å²) in [7, 11) is 0. The number of aliphatic hydroxyl groups excluding tert-OH is 1. The number of hydrogen-bond acceptors (Lipinski definition) is 3. The first-order valence-corrected chi connectivity index (χ1v) is 6.81. The Labute approximate surface area is 114 Å². The molecule has 2 nitrogen and oxygen atoms in total. The molecule has 2 atom stereocenters. The second-order valence-electron chi connectivity index (χ2n) is 3.99. The predicted molar refractivity (Wildman–Crippen MR) is 72.5 cm³/mol. The van der Waals surface area contributed by atoms with Gasteiger partial charge in [-0.2, -0.15) is 11.3 Å². The van der Waals surface area contributed by atoms with Gasteiger partial charge >= 0.3 is 0 Å². The number of thiophene rings is 1. The van der Waals surface area contributed by atoms with E-state index in [1.165, 1.54) is 17.4 Å². The number of rotatable bonds is 4. The molecule has 18 heavy (non-hydrogen) atoms. The monoisotopic (exact) mass is 285 g/mol. The summed E-state index contributed by atoms with van der Waals surface area (Å²) in [5.74, 6) is -1.01. The maximum absolute atomic E-state index is 13.9. The number of benzene rings is 1. The summed E-state index contributed by atoms with van der Waals surface area (Å²) in [5.41, 5.74) is 6.76. The zero-order valence-electron chi connectivity index (χ0n) is 9.51. The SMILES string of the molecule is NCC(c1cccc(Cl)c1F)C(O)c1ccsc1. The van der Waals surface area contributed by atoms with E-state index in [-0.39, 0.29) is 11.6 Å². The molecule has 0 amide bonds. The zero-order chi connectivity index (χ0) is 13.1. The molecule has 96 valence electrons. The van der Waals surface area contributed by atoms with Gasteiger partial charge in [0, 0.05) is 12.5 Å². The van der Waals surface area contributed by atoms with Crippen LogP contribution in [0.1, 0.15) is 23.1 Å². The Kier molecular flexibility index (Phi) is 4.35. The summed E-state index contributed by atoms with van der Waals surface area (Å²) in [4.78, 5) is 0. The minimum atomic E-state index is -0.825. The van der Waals surface area contributed by atoms with Crippen LogP contribution in [0.3, 0.4) is 0 Å². The Morgan fingerprint density at radius 2 is 2.17 bits per heavy atom. The molecular formula is C13H13ClFNOS. The summed E-state index contributed by atoms with van der Waals surface area (Å²) < 4.78 is 13.9. The van der Waals surface area contributed by atoms with Gasteiger partial charge in [-0.25, -0.2) is 4.39 Å². The van der Waals surface area contributed by atoms with Crippen LogP contribution in [0.15, 0.2) is 35.0 Å². The fraction of sp³-hybridized carbons (Fsp3) is 0.231. The van der Waals surface area contributed by atoms with E-state index in [1.54, 1.807) is 18.2 Å². The molecule has 0 aliphatic heterocycles. The van der Waals surface area contributed by atoms with Crippen molar-refractivity contribution in [3.8, 4) is 0 Å². The van der Waals surface area contributed by atoms with Crippen molar-refractivity contribution >= 4 is 22.9 Å². The standard InChI is InChI=1S/C13H13ClFNOS/c14-11-3-1-2-9(12(11)15)10(6-16)13(17)8-4-5-18-7-8/h1-5,7,10,13,17H,6,16H2. The van der Waals surface area contributed by atoms with Gasteiger partial charge in [0.2, 0.25) is 0 Å². The molecule has 0 fully saturated rings. The molecule has 3 N–H and O–H groups in total. The summed E-state index contributed by atoms with van der Waals surface area (Å²) in [5, 5.41) is 14.0. The molecule has 2 aromatic rings. The zero-order valence-corrected chi connectivity index (χ0v) is 11.1. The average Bonchev–Trinajstić information content (AvgIpc) is 2.89. The highest BCUT2D eigenvalue weighted by Crippen LogP contribution is 2.34. The molecule has 1 aromatic carbocycles. The van der Waals surface area contributed by atoms with E-state index in [0.29, 0.717) is 5.56 Å². The highest BCUT2D eigenvalue weighted by Gasteiger charge is 2.25. The van der Waals surface area contributed by atoms with E-state index in [9.17, 15) is 9.50 Å². The van der Waals surface area contributed by atoms with Crippen molar-refractivity contribution in [1.29, 1.82) is 0 Å². The normalized spacial score (nSPS) is 14.4. The van der Waals surface area contributed by atoms with E-state index < -0.39 is 17.8 Å². The Bertz CT molecular complexity index is 518. The van der Waals surface area contributed by atoms with E-state index in [0.717, 1.165) is 5.56 Å². The third-order valence-corrected chi connectivity index (χ3v) is 3.89. The van der Waals surface area contributed by atoms with Crippen molar-refractivity contribution in [3.63, 3.8) is 0 Å². The first kappa shape index (κ1) is 13.5. The van der Waals surface area contributed by atoms with Crippen LogP contribution >= 0.6 is 22.9 Å².